The van der Waals surface area contributed by atoms with Crippen LogP contribution in [-0.4, -0.2) is 17.0 Å². The first kappa shape index (κ1) is 7.93. The van der Waals surface area contributed by atoms with Crippen molar-refractivity contribution in [2.45, 2.75) is 43.9 Å². The van der Waals surface area contributed by atoms with E-state index < -0.39 is 0 Å². The molecule has 11 heavy (non-hydrogen) atoms. The summed E-state index contributed by atoms with van der Waals surface area (Å²) in [6.45, 7) is 2.19. The molecule has 0 bridgehead atoms. The minimum absolute atomic E-state index is 0.429. The Morgan fingerprint density at radius 1 is 1.55 bits per heavy atom. The lowest BCUT2D eigenvalue weighted by atomic mass is 9.92. The highest BCUT2D eigenvalue weighted by atomic mass is 32.2. The molecular formula is C9H17NS. The van der Waals surface area contributed by atoms with Gasteiger partial charge in [0.15, 0.2) is 0 Å². The zero-order valence-corrected chi connectivity index (χ0v) is 7.99. The summed E-state index contributed by atoms with van der Waals surface area (Å²) in [5.74, 6) is 1.37. The summed E-state index contributed by atoms with van der Waals surface area (Å²) in [5.41, 5.74) is 6.57. The summed E-state index contributed by atoms with van der Waals surface area (Å²) in [7, 11) is 0. The van der Waals surface area contributed by atoms with Crippen LogP contribution in [-0.2, 0) is 0 Å². The minimum Gasteiger partial charge on any atom is -0.327 e. The Morgan fingerprint density at radius 3 is 2.64 bits per heavy atom. The Bertz CT molecular complexity index is 146. The van der Waals surface area contributed by atoms with Gasteiger partial charge in [-0.3, -0.25) is 0 Å². The molecule has 2 heteroatoms. The van der Waals surface area contributed by atoms with E-state index in [2.05, 4.69) is 18.7 Å². The van der Waals surface area contributed by atoms with E-state index in [-0.39, 0.29) is 0 Å². The standard InChI is InChI=1S/C9H17NS/c1-7(10)9(4-5-9)8-3-2-6-11-8/h7-8H,2-6,10H2,1H3. The van der Waals surface area contributed by atoms with Crippen molar-refractivity contribution >= 4 is 11.8 Å². The molecular weight excluding hydrogens is 154 g/mol. The largest absolute Gasteiger partial charge is 0.327 e. The van der Waals surface area contributed by atoms with Gasteiger partial charge < -0.3 is 5.73 Å². The summed E-state index contributed by atoms with van der Waals surface area (Å²) < 4.78 is 0. The molecule has 0 aromatic rings. The summed E-state index contributed by atoms with van der Waals surface area (Å²) in [6, 6.07) is 0.429. The zero-order valence-electron chi connectivity index (χ0n) is 7.18. The smallest absolute Gasteiger partial charge is 0.0118 e. The topological polar surface area (TPSA) is 26.0 Å². The Balaban J connectivity index is 2.01. The van der Waals surface area contributed by atoms with Crippen LogP contribution in [0.2, 0.25) is 0 Å². The average Bonchev–Trinajstić information content (AvgIpc) is 2.61. The first-order valence-corrected chi connectivity index (χ1v) is 5.68. The number of thioether (sulfide) groups is 1. The van der Waals surface area contributed by atoms with Crippen molar-refractivity contribution < 1.29 is 0 Å². The van der Waals surface area contributed by atoms with Crippen LogP contribution < -0.4 is 5.73 Å². The van der Waals surface area contributed by atoms with Gasteiger partial charge in [0, 0.05) is 11.3 Å². The second kappa shape index (κ2) is 2.67. The molecule has 1 aliphatic carbocycles. The molecule has 2 unspecified atom stereocenters. The molecule has 1 saturated carbocycles. The highest BCUT2D eigenvalue weighted by molar-refractivity contribution is 8.00. The number of rotatable bonds is 2. The van der Waals surface area contributed by atoms with Gasteiger partial charge in [0.1, 0.15) is 0 Å². The van der Waals surface area contributed by atoms with Gasteiger partial charge in [-0.25, -0.2) is 0 Å². The van der Waals surface area contributed by atoms with Crippen molar-refractivity contribution in [3.05, 3.63) is 0 Å². The third-order valence-electron chi connectivity index (χ3n) is 3.31. The van der Waals surface area contributed by atoms with Crippen LogP contribution in [0.15, 0.2) is 0 Å². The fourth-order valence-corrected chi connectivity index (χ4v) is 3.98. The molecule has 1 saturated heterocycles. The highest BCUT2D eigenvalue weighted by Crippen LogP contribution is 2.57. The monoisotopic (exact) mass is 171 g/mol. The lowest BCUT2D eigenvalue weighted by Gasteiger charge is -2.25. The maximum atomic E-state index is 6.00. The van der Waals surface area contributed by atoms with Gasteiger partial charge in [0.2, 0.25) is 0 Å². The fourth-order valence-electron chi connectivity index (χ4n) is 2.25. The molecule has 2 aliphatic rings. The molecule has 1 aliphatic heterocycles. The highest BCUT2D eigenvalue weighted by Gasteiger charge is 2.52. The van der Waals surface area contributed by atoms with Crippen molar-refractivity contribution in [1.29, 1.82) is 0 Å². The van der Waals surface area contributed by atoms with Gasteiger partial charge in [-0.05, 0) is 43.8 Å². The number of nitrogens with two attached hydrogens (primary N) is 1. The summed E-state index contributed by atoms with van der Waals surface area (Å²) >= 11 is 2.16. The predicted octanol–water partition coefficient (Wildman–Crippen LogP) is 2.01. The number of hydrogen-bond acceptors (Lipinski definition) is 2. The van der Waals surface area contributed by atoms with Crippen molar-refractivity contribution in [2.24, 2.45) is 11.1 Å². The average molecular weight is 171 g/mol. The van der Waals surface area contributed by atoms with Crippen LogP contribution in [0.4, 0.5) is 0 Å². The van der Waals surface area contributed by atoms with Crippen LogP contribution in [0.3, 0.4) is 0 Å². The van der Waals surface area contributed by atoms with Crippen molar-refractivity contribution in [3.63, 3.8) is 0 Å². The second-order valence-electron chi connectivity index (χ2n) is 4.02. The second-order valence-corrected chi connectivity index (χ2v) is 5.33. The Hall–Kier alpha value is 0.310. The molecule has 0 amide bonds. The van der Waals surface area contributed by atoms with Crippen LogP contribution in [0, 0.1) is 5.41 Å². The van der Waals surface area contributed by atoms with Crippen LogP contribution in [0.5, 0.6) is 0 Å². The van der Waals surface area contributed by atoms with Gasteiger partial charge in [-0.2, -0.15) is 11.8 Å². The fraction of sp³-hybridized carbons (Fsp3) is 1.00. The van der Waals surface area contributed by atoms with E-state index in [9.17, 15) is 0 Å². The number of hydrogen-bond donors (Lipinski definition) is 1. The van der Waals surface area contributed by atoms with Crippen LogP contribution in [0.25, 0.3) is 0 Å². The molecule has 0 radical (unpaired) electrons. The van der Waals surface area contributed by atoms with Gasteiger partial charge >= 0.3 is 0 Å². The third-order valence-corrected chi connectivity index (χ3v) is 4.94. The quantitative estimate of drug-likeness (QED) is 0.688. The Labute approximate surface area is 73.1 Å². The zero-order chi connectivity index (χ0) is 7.90. The Morgan fingerprint density at radius 2 is 2.27 bits per heavy atom. The molecule has 2 atom stereocenters. The van der Waals surface area contributed by atoms with Crippen LogP contribution >= 0.6 is 11.8 Å². The van der Waals surface area contributed by atoms with E-state index in [1.165, 1.54) is 31.4 Å². The lowest BCUT2D eigenvalue weighted by molar-refractivity contribution is 0.398. The molecule has 2 N–H and O–H groups in total. The molecule has 1 nitrogen and oxygen atoms in total. The molecule has 0 aromatic carbocycles. The first-order valence-electron chi connectivity index (χ1n) is 4.63. The van der Waals surface area contributed by atoms with E-state index in [1.807, 2.05) is 0 Å². The van der Waals surface area contributed by atoms with Crippen molar-refractivity contribution in [1.82, 2.24) is 0 Å². The van der Waals surface area contributed by atoms with Gasteiger partial charge in [0.05, 0.1) is 0 Å². The molecule has 2 rings (SSSR count). The minimum atomic E-state index is 0.429. The van der Waals surface area contributed by atoms with Crippen molar-refractivity contribution in [2.75, 3.05) is 5.75 Å². The molecule has 0 aromatic heterocycles. The van der Waals surface area contributed by atoms with E-state index >= 15 is 0 Å². The predicted molar refractivity (Wildman–Crippen MR) is 50.8 cm³/mol. The molecule has 2 fully saturated rings. The summed E-state index contributed by atoms with van der Waals surface area (Å²) in [6.07, 6.45) is 5.63. The maximum absolute atomic E-state index is 6.00. The SMILES string of the molecule is CC(N)C1(C2CCCS2)CC1. The normalized spacial score (nSPS) is 37.1. The lowest BCUT2D eigenvalue weighted by Crippen LogP contribution is -2.35. The van der Waals surface area contributed by atoms with Crippen molar-refractivity contribution in [3.8, 4) is 0 Å². The van der Waals surface area contributed by atoms with Gasteiger partial charge in [-0.15, -0.1) is 0 Å². The maximum Gasteiger partial charge on any atom is 0.0118 e. The van der Waals surface area contributed by atoms with Gasteiger partial charge in [-0.1, -0.05) is 0 Å². The summed E-state index contributed by atoms with van der Waals surface area (Å²) in [5, 5.41) is 0.905. The molecule has 1 heterocycles. The summed E-state index contributed by atoms with van der Waals surface area (Å²) in [4.78, 5) is 0. The molecule has 0 spiro atoms. The van der Waals surface area contributed by atoms with E-state index in [4.69, 9.17) is 5.73 Å². The Kier molecular flexibility index (Phi) is 1.92. The van der Waals surface area contributed by atoms with Gasteiger partial charge in [0.25, 0.3) is 0 Å². The van der Waals surface area contributed by atoms with Crippen LogP contribution in [0.1, 0.15) is 32.6 Å². The first-order chi connectivity index (χ1) is 5.26. The third kappa shape index (κ3) is 1.20. The molecule has 64 valence electrons. The van der Waals surface area contributed by atoms with E-state index in [1.54, 1.807) is 0 Å². The van der Waals surface area contributed by atoms with E-state index in [0.717, 1.165) is 5.25 Å². The van der Waals surface area contributed by atoms with E-state index in [0.29, 0.717) is 11.5 Å².